The van der Waals surface area contributed by atoms with Crippen molar-refractivity contribution in [2.45, 2.75) is 78.1 Å². The highest BCUT2D eigenvalue weighted by Gasteiger charge is 2.19. The summed E-state index contributed by atoms with van der Waals surface area (Å²) in [5.74, 6) is 0.983. The number of benzene rings is 1. The Morgan fingerprint density at radius 3 is 2.16 bits per heavy atom. The van der Waals surface area contributed by atoms with Gasteiger partial charge in [-0.15, -0.1) is 0 Å². The van der Waals surface area contributed by atoms with Crippen LogP contribution in [0.25, 0.3) is 11.0 Å². The predicted molar refractivity (Wildman–Crippen MR) is 103 cm³/mol. The maximum atomic E-state index is 12.0. The van der Waals surface area contributed by atoms with Crippen molar-refractivity contribution in [2.75, 3.05) is 7.11 Å². The predicted octanol–water partition coefficient (Wildman–Crippen LogP) is 6.24. The molecule has 1 aromatic carbocycles. The first-order valence-electron chi connectivity index (χ1n) is 9.62. The van der Waals surface area contributed by atoms with Crippen molar-refractivity contribution in [2.24, 2.45) is 0 Å². The van der Waals surface area contributed by atoms with Crippen LogP contribution in [0.1, 0.15) is 89.2 Å². The molecule has 25 heavy (non-hydrogen) atoms. The molecule has 0 saturated carbocycles. The average Bonchev–Trinajstić information content (AvgIpc) is 3.05. The highest BCUT2D eigenvalue weighted by atomic mass is 16.5. The van der Waals surface area contributed by atoms with Gasteiger partial charge in [0.2, 0.25) is 0 Å². The Balaban J connectivity index is 2.50. The zero-order valence-corrected chi connectivity index (χ0v) is 16.3. The maximum absolute atomic E-state index is 12.0. The molecule has 0 aliphatic carbocycles. The third-order valence-electron chi connectivity index (χ3n) is 5.17. The number of imidazole rings is 1. The van der Waals surface area contributed by atoms with Crippen molar-refractivity contribution >= 4 is 17.1 Å². The van der Waals surface area contributed by atoms with Gasteiger partial charge < -0.3 is 4.74 Å². The van der Waals surface area contributed by atoms with Crippen LogP contribution in [-0.2, 0) is 4.74 Å². The van der Waals surface area contributed by atoms with E-state index < -0.39 is 0 Å². The second-order valence-corrected chi connectivity index (χ2v) is 7.14. The fraction of sp³-hybridized carbons (Fsp3) is 0.619. The number of unbranched alkanes of at least 4 members (excludes halogenated alkanes) is 2. The Hall–Kier alpha value is -1.84. The molecule has 0 saturated heterocycles. The quantitative estimate of drug-likeness (QED) is 0.569. The van der Waals surface area contributed by atoms with Crippen molar-refractivity contribution in [1.82, 2.24) is 9.55 Å². The van der Waals surface area contributed by atoms with Crippen molar-refractivity contribution in [3.8, 4) is 0 Å². The number of ether oxygens (including phenoxy) is 1. The number of nitrogens with zero attached hydrogens (tertiary/aromatic N) is 2. The van der Waals surface area contributed by atoms with Crippen LogP contribution in [0.2, 0.25) is 0 Å². The van der Waals surface area contributed by atoms with E-state index in [9.17, 15) is 4.79 Å². The van der Waals surface area contributed by atoms with E-state index in [4.69, 9.17) is 4.74 Å². The van der Waals surface area contributed by atoms with Crippen LogP contribution in [0, 0.1) is 0 Å². The van der Waals surface area contributed by atoms with Gasteiger partial charge in [-0.3, -0.25) is 0 Å². The van der Waals surface area contributed by atoms with E-state index in [2.05, 4.69) is 44.8 Å². The molecule has 1 aromatic heterocycles. The molecule has 0 spiro atoms. The topological polar surface area (TPSA) is 44.1 Å². The Labute approximate surface area is 151 Å². The molecule has 138 valence electrons. The van der Waals surface area contributed by atoms with E-state index in [0.717, 1.165) is 11.0 Å². The molecule has 4 nitrogen and oxygen atoms in total. The van der Waals surface area contributed by atoms with Gasteiger partial charge >= 0.3 is 6.09 Å². The van der Waals surface area contributed by atoms with Crippen LogP contribution in [0.3, 0.4) is 0 Å². The van der Waals surface area contributed by atoms with Gasteiger partial charge in [-0.25, -0.2) is 14.3 Å². The third-order valence-corrected chi connectivity index (χ3v) is 5.17. The molecule has 2 unspecified atom stereocenters. The van der Waals surface area contributed by atoms with E-state index in [0.29, 0.717) is 11.8 Å². The molecule has 2 atom stereocenters. The van der Waals surface area contributed by atoms with Gasteiger partial charge in [0.15, 0.2) is 0 Å². The summed E-state index contributed by atoms with van der Waals surface area (Å²) in [6.07, 6.45) is 8.41. The molecule has 0 amide bonds. The SMILES string of the molecule is CCCCC(C)c1cc2ncn(C(=O)OC)c2cc1C(C)CCCC. The van der Waals surface area contributed by atoms with E-state index in [1.807, 2.05) is 0 Å². The first kappa shape index (κ1) is 19.5. The molecule has 0 bridgehead atoms. The number of hydrogen-bond acceptors (Lipinski definition) is 3. The number of carbonyl (C=O) groups excluding carboxylic acids is 1. The van der Waals surface area contributed by atoms with Crippen LogP contribution < -0.4 is 0 Å². The van der Waals surface area contributed by atoms with Crippen LogP contribution >= 0.6 is 0 Å². The van der Waals surface area contributed by atoms with Crippen LogP contribution in [0.5, 0.6) is 0 Å². The Bertz CT molecular complexity index is 705. The van der Waals surface area contributed by atoms with E-state index in [1.54, 1.807) is 6.33 Å². The van der Waals surface area contributed by atoms with Gasteiger partial charge in [0, 0.05) is 0 Å². The van der Waals surface area contributed by atoms with E-state index in [1.165, 1.54) is 61.3 Å². The summed E-state index contributed by atoms with van der Waals surface area (Å²) >= 11 is 0. The third kappa shape index (κ3) is 4.42. The second-order valence-electron chi connectivity index (χ2n) is 7.14. The molecule has 0 aliphatic heterocycles. The van der Waals surface area contributed by atoms with Gasteiger partial charge in [0.05, 0.1) is 18.1 Å². The lowest BCUT2D eigenvalue weighted by molar-refractivity contribution is 0.174. The van der Waals surface area contributed by atoms with Crippen LogP contribution in [-0.4, -0.2) is 22.8 Å². The monoisotopic (exact) mass is 344 g/mol. The fourth-order valence-electron chi connectivity index (χ4n) is 3.52. The summed E-state index contributed by atoms with van der Waals surface area (Å²) in [5.41, 5.74) is 4.46. The molecule has 1 heterocycles. The van der Waals surface area contributed by atoms with Gasteiger partial charge in [-0.2, -0.15) is 0 Å². The maximum Gasteiger partial charge on any atom is 0.419 e. The van der Waals surface area contributed by atoms with E-state index >= 15 is 0 Å². The van der Waals surface area contributed by atoms with Gasteiger partial charge in [0.1, 0.15) is 6.33 Å². The second kappa shape index (κ2) is 9.02. The average molecular weight is 344 g/mol. The molecule has 0 fully saturated rings. The zero-order chi connectivity index (χ0) is 18.4. The minimum Gasteiger partial charge on any atom is -0.452 e. The minimum absolute atomic E-state index is 0.388. The normalized spacial score (nSPS) is 13.8. The van der Waals surface area contributed by atoms with Gasteiger partial charge in [-0.1, -0.05) is 53.4 Å². The van der Waals surface area contributed by atoms with Crippen LogP contribution in [0.4, 0.5) is 4.79 Å². The zero-order valence-electron chi connectivity index (χ0n) is 16.3. The van der Waals surface area contributed by atoms with Gasteiger partial charge in [-0.05, 0) is 47.9 Å². The molecular formula is C21H32N2O2. The highest BCUT2D eigenvalue weighted by molar-refractivity contribution is 5.87. The number of carbonyl (C=O) groups is 1. The van der Waals surface area contributed by atoms with Crippen LogP contribution in [0.15, 0.2) is 18.5 Å². The standard InChI is InChI=1S/C21H32N2O2/c1-6-8-10-15(3)17-12-19-20(23(14-22-19)21(24)25-5)13-18(17)16(4)11-9-7-2/h12-16H,6-11H2,1-5H3. The minimum atomic E-state index is -0.388. The molecular weight excluding hydrogens is 312 g/mol. The molecule has 2 rings (SSSR count). The lowest BCUT2D eigenvalue weighted by atomic mass is 9.84. The van der Waals surface area contributed by atoms with Crippen molar-refractivity contribution in [3.05, 3.63) is 29.6 Å². The lowest BCUT2D eigenvalue weighted by Gasteiger charge is -2.21. The number of fused-ring (bicyclic) bond motifs is 1. The first-order chi connectivity index (χ1) is 12.0. The Kier molecular flexibility index (Phi) is 7.03. The lowest BCUT2D eigenvalue weighted by Crippen LogP contribution is -2.10. The Morgan fingerprint density at radius 2 is 1.64 bits per heavy atom. The summed E-state index contributed by atoms with van der Waals surface area (Å²) in [4.78, 5) is 16.4. The largest absolute Gasteiger partial charge is 0.452 e. The molecule has 0 aliphatic rings. The fourth-order valence-corrected chi connectivity index (χ4v) is 3.52. The van der Waals surface area contributed by atoms with E-state index in [-0.39, 0.29) is 6.09 Å². The molecule has 0 N–H and O–H groups in total. The van der Waals surface area contributed by atoms with Crippen molar-refractivity contribution in [1.29, 1.82) is 0 Å². The Morgan fingerprint density at radius 1 is 1.08 bits per heavy atom. The molecule has 4 heteroatoms. The number of hydrogen-bond donors (Lipinski definition) is 0. The van der Waals surface area contributed by atoms with Crippen molar-refractivity contribution < 1.29 is 9.53 Å². The number of rotatable bonds is 8. The van der Waals surface area contributed by atoms with Crippen molar-refractivity contribution in [3.63, 3.8) is 0 Å². The first-order valence-corrected chi connectivity index (χ1v) is 9.62. The summed E-state index contributed by atoms with van der Waals surface area (Å²) < 4.78 is 6.39. The summed E-state index contributed by atoms with van der Waals surface area (Å²) in [7, 11) is 1.40. The summed E-state index contributed by atoms with van der Waals surface area (Å²) in [6, 6.07) is 4.35. The number of aromatic nitrogens is 2. The molecule has 2 aromatic rings. The smallest absolute Gasteiger partial charge is 0.419 e. The number of methoxy groups -OCH3 is 1. The van der Waals surface area contributed by atoms with Gasteiger partial charge in [0.25, 0.3) is 0 Å². The molecule has 0 radical (unpaired) electrons. The summed E-state index contributed by atoms with van der Waals surface area (Å²) in [5, 5.41) is 0. The summed E-state index contributed by atoms with van der Waals surface area (Å²) in [6.45, 7) is 9.07. The highest BCUT2D eigenvalue weighted by Crippen LogP contribution is 2.35.